The van der Waals surface area contributed by atoms with Crippen LogP contribution in [0, 0.1) is 0 Å². The van der Waals surface area contributed by atoms with E-state index >= 15 is 0 Å². The number of halogens is 3. The van der Waals surface area contributed by atoms with Gasteiger partial charge in [0.1, 0.15) is 17.9 Å². The van der Waals surface area contributed by atoms with E-state index in [4.69, 9.17) is 5.73 Å². The van der Waals surface area contributed by atoms with E-state index in [0.717, 1.165) is 6.20 Å². The van der Waals surface area contributed by atoms with Gasteiger partial charge >= 0.3 is 6.18 Å². The lowest BCUT2D eigenvalue weighted by Crippen LogP contribution is -2.20. The van der Waals surface area contributed by atoms with E-state index < -0.39 is 24.0 Å². The Morgan fingerprint density at radius 2 is 2.15 bits per heavy atom. The Balaban J connectivity index is 2.93. The lowest BCUT2D eigenvalue weighted by molar-refractivity contribution is -0.128. The van der Waals surface area contributed by atoms with Crippen LogP contribution in [-0.4, -0.2) is 16.1 Å². The molecule has 0 aliphatic carbocycles. The van der Waals surface area contributed by atoms with Crippen LogP contribution in [0.25, 0.3) is 0 Å². The van der Waals surface area contributed by atoms with Gasteiger partial charge in [-0.2, -0.15) is 13.2 Å². The van der Waals surface area contributed by atoms with Gasteiger partial charge in [0, 0.05) is 0 Å². The van der Waals surface area contributed by atoms with Crippen LogP contribution in [0.2, 0.25) is 0 Å². The standard InChI is InChI=1S/C6H6F3N3O/c7-6(8,9)1-4-11-2-3(10)5(13)12-4/h2H,1,10H2,(H,11,12,13). The van der Waals surface area contributed by atoms with Crippen molar-refractivity contribution in [3.8, 4) is 0 Å². The van der Waals surface area contributed by atoms with Crippen molar-refractivity contribution in [3.05, 3.63) is 22.4 Å². The van der Waals surface area contributed by atoms with Crippen molar-refractivity contribution < 1.29 is 13.2 Å². The van der Waals surface area contributed by atoms with Crippen LogP contribution >= 0.6 is 0 Å². The number of hydrogen-bond acceptors (Lipinski definition) is 3. The van der Waals surface area contributed by atoms with Crippen molar-refractivity contribution in [3.63, 3.8) is 0 Å². The molecule has 0 bridgehead atoms. The molecule has 1 aromatic rings. The van der Waals surface area contributed by atoms with Crippen LogP contribution < -0.4 is 11.3 Å². The maximum Gasteiger partial charge on any atom is 0.396 e. The largest absolute Gasteiger partial charge is 0.396 e. The van der Waals surface area contributed by atoms with Gasteiger partial charge in [0.25, 0.3) is 5.56 Å². The fraction of sp³-hybridized carbons (Fsp3) is 0.333. The van der Waals surface area contributed by atoms with Gasteiger partial charge in [0.2, 0.25) is 0 Å². The first-order valence-corrected chi connectivity index (χ1v) is 3.29. The van der Waals surface area contributed by atoms with Crippen LogP contribution in [0.1, 0.15) is 5.82 Å². The maximum absolute atomic E-state index is 11.8. The lowest BCUT2D eigenvalue weighted by atomic mass is 10.4. The van der Waals surface area contributed by atoms with Gasteiger partial charge < -0.3 is 10.7 Å². The second-order valence-electron chi connectivity index (χ2n) is 2.41. The van der Waals surface area contributed by atoms with E-state index in [1.165, 1.54) is 0 Å². The summed E-state index contributed by atoms with van der Waals surface area (Å²) < 4.78 is 35.3. The monoisotopic (exact) mass is 193 g/mol. The Morgan fingerprint density at radius 1 is 1.54 bits per heavy atom. The number of anilines is 1. The molecule has 0 radical (unpaired) electrons. The van der Waals surface area contributed by atoms with Gasteiger partial charge in [-0.05, 0) is 0 Å². The number of hydrogen-bond donors (Lipinski definition) is 2. The summed E-state index contributed by atoms with van der Waals surface area (Å²) in [6.07, 6.45) is -4.74. The summed E-state index contributed by atoms with van der Waals surface area (Å²) >= 11 is 0. The Morgan fingerprint density at radius 3 is 2.62 bits per heavy atom. The number of nitrogens with two attached hydrogens (primary N) is 1. The van der Waals surface area contributed by atoms with Crippen LogP contribution in [-0.2, 0) is 6.42 Å². The number of aromatic nitrogens is 2. The molecule has 0 saturated carbocycles. The Kier molecular flexibility index (Phi) is 2.26. The van der Waals surface area contributed by atoms with Crippen molar-refractivity contribution >= 4 is 5.69 Å². The molecule has 1 aromatic heterocycles. The van der Waals surface area contributed by atoms with E-state index in [2.05, 4.69) is 4.98 Å². The van der Waals surface area contributed by atoms with Crippen molar-refractivity contribution in [1.29, 1.82) is 0 Å². The van der Waals surface area contributed by atoms with E-state index in [-0.39, 0.29) is 5.69 Å². The summed E-state index contributed by atoms with van der Waals surface area (Å²) in [5.74, 6) is -0.438. The van der Waals surface area contributed by atoms with Crippen molar-refractivity contribution in [1.82, 2.24) is 9.97 Å². The number of rotatable bonds is 1. The highest BCUT2D eigenvalue weighted by Gasteiger charge is 2.28. The van der Waals surface area contributed by atoms with Crippen LogP contribution in [0.4, 0.5) is 18.9 Å². The molecule has 3 N–H and O–H groups in total. The number of aromatic amines is 1. The smallest absolute Gasteiger partial charge is 0.393 e. The maximum atomic E-state index is 11.8. The lowest BCUT2D eigenvalue weighted by Gasteiger charge is -2.04. The minimum absolute atomic E-state index is 0.203. The molecule has 0 amide bonds. The molecule has 1 heterocycles. The van der Waals surface area contributed by atoms with Crippen LogP contribution in [0.3, 0.4) is 0 Å². The summed E-state index contributed by atoms with van der Waals surface area (Å²) in [4.78, 5) is 16.0. The topological polar surface area (TPSA) is 71.8 Å². The van der Waals surface area contributed by atoms with E-state index in [1.807, 2.05) is 4.98 Å². The second kappa shape index (κ2) is 3.08. The van der Waals surface area contributed by atoms with Gasteiger partial charge in [-0.15, -0.1) is 0 Å². The molecular weight excluding hydrogens is 187 g/mol. The highest BCUT2D eigenvalue weighted by atomic mass is 19.4. The van der Waals surface area contributed by atoms with E-state index in [9.17, 15) is 18.0 Å². The first kappa shape index (κ1) is 9.56. The van der Waals surface area contributed by atoms with E-state index in [1.54, 1.807) is 0 Å². The van der Waals surface area contributed by atoms with Crippen LogP contribution in [0.15, 0.2) is 11.0 Å². The third-order valence-corrected chi connectivity index (χ3v) is 1.25. The predicted molar refractivity (Wildman–Crippen MR) is 39.0 cm³/mol. The number of H-pyrrole nitrogens is 1. The van der Waals surface area contributed by atoms with Gasteiger partial charge in [0.15, 0.2) is 0 Å². The molecule has 0 fully saturated rings. The van der Waals surface area contributed by atoms with Gasteiger partial charge in [0.05, 0.1) is 6.20 Å². The average Bonchev–Trinajstić information content (AvgIpc) is 1.94. The predicted octanol–water partition coefficient (Wildman–Crippen LogP) is 0.457. The minimum atomic E-state index is -4.38. The second-order valence-corrected chi connectivity index (χ2v) is 2.41. The molecular formula is C6H6F3N3O. The fourth-order valence-corrected chi connectivity index (χ4v) is 0.721. The highest BCUT2D eigenvalue weighted by Crippen LogP contribution is 2.18. The molecule has 72 valence electrons. The van der Waals surface area contributed by atoms with Crippen molar-refractivity contribution in [2.45, 2.75) is 12.6 Å². The molecule has 0 spiro atoms. The molecule has 0 unspecified atom stereocenters. The summed E-state index contributed by atoms with van der Waals surface area (Å²) in [6.45, 7) is 0. The molecule has 0 atom stereocenters. The Labute approximate surface area is 70.6 Å². The molecule has 1 rings (SSSR count). The summed E-state index contributed by atoms with van der Waals surface area (Å²) in [5.41, 5.74) is 4.11. The average molecular weight is 193 g/mol. The summed E-state index contributed by atoms with van der Waals surface area (Å²) in [7, 11) is 0. The molecule has 4 nitrogen and oxygen atoms in total. The summed E-state index contributed by atoms with van der Waals surface area (Å²) in [5, 5.41) is 0. The quantitative estimate of drug-likeness (QED) is 0.680. The first-order chi connectivity index (χ1) is 5.88. The molecule has 0 aliphatic heterocycles. The fourth-order valence-electron chi connectivity index (χ4n) is 0.721. The molecule has 0 aliphatic rings. The minimum Gasteiger partial charge on any atom is -0.393 e. The Bertz CT molecular complexity index is 357. The Hall–Kier alpha value is -1.53. The third-order valence-electron chi connectivity index (χ3n) is 1.25. The zero-order chi connectivity index (χ0) is 10.1. The highest BCUT2D eigenvalue weighted by molar-refractivity contribution is 5.30. The third kappa shape index (κ3) is 2.77. The number of nitrogens with zero attached hydrogens (tertiary/aromatic N) is 1. The SMILES string of the molecule is Nc1cnc(CC(F)(F)F)[nH]c1=O. The molecule has 7 heteroatoms. The number of nitrogens with one attached hydrogen (secondary N) is 1. The van der Waals surface area contributed by atoms with Crippen LogP contribution in [0.5, 0.6) is 0 Å². The number of alkyl halides is 3. The summed E-state index contributed by atoms with van der Waals surface area (Å²) in [6, 6.07) is 0. The first-order valence-electron chi connectivity index (χ1n) is 3.29. The van der Waals surface area contributed by atoms with Gasteiger partial charge in [-0.1, -0.05) is 0 Å². The van der Waals surface area contributed by atoms with Gasteiger partial charge in [-0.25, -0.2) is 4.98 Å². The zero-order valence-electron chi connectivity index (χ0n) is 6.35. The zero-order valence-corrected chi connectivity index (χ0v) is 6.35. The number of nitrogen functional groups attached to an aromatic ring is 1. The normalized spacial score (nSPS) is 11.6. The van der Waals surface area contributed by atoms with Gasteiger partial charge in [-0.3, -0.25) is 4.79 Å². The van der Waals surface area contributed by atoms with E-state index in [0.29, 0.717) is 0 Å². The molecule has 0 saturated heterocycles. The van der Waals surface area contributed by atoms with Crippen molar-refractivity contribution in [2.75, 3.05) is 5.73 Å². The van der Waals surface area contributed by atoms with Crippen molar-refractivity contribution in [2.24, 2.45) is 0 Å². The molecule has 0 aromatic carbocycles. The molecule has 13 heavy (non-hydrogen) atoms.